The van der Waals surface area contributed by atoms with E-state index in [9.17, 15) is 21.4 Å². The van der Waals surface area contributed by atoms with Gasteiger partial charge in [-0.15, -0.1) is 0 Å². The molecule has 0 aliphatic carbocycles. The van der Waals surface area contributed by atoms with Crippen LogP contribution in [0, 0.1) is 0 Å². The van der Waals surface area contributed by atoms with Crippen molar-refractivity contribution in [2.45, 2.75) is 9.79 Å². The Kier molecular flexibility index (Phi) is 4.79. The van der Waals surface area contributed by atoms with Crippen molar-refractivity contribution >= 4 is 31.0 Å². The van der Waals surface area contributed by atoms with Crippen molar-refractivity contribution in [3.8, 4) is 0 Å². The van der Waals surface area contributed by atoms with E-state index in [-0.39, 0.29) is 39.8 Å². The summed E-state index contributed by atoms with van der Waals surface area (Å²) in [5, 5.41) is 0.789. The average molecular weight is 310 g/mol. The van der Waals surface area contributed by atoms with Gasteiger partial charge in [-0.2, -0.15) is 8.42 Å². The van der Waals surface area contributed by atoms with Crippen LogP contribution in [0.1, 0.15) is 0 Å². The van der Waals surface area contributed by atoms with Crippen molar-refractivity contribution in [1.29, 1.82) is 0 Å². The first-order valence-electron chi connectivity index (χ1n) is 4.65. The fourth-order valence-electron chi connectivity index (χ4n) is 1.52. The van der Waals surface area contributed by atoms with Crippen molar-refractivity contribution in [2.75, 3.05) is 0 Å². The smallest absolute Gasteiger partial charge is 0.744 e. The van der Waals surface area contributed by atoms with Crippen LogP contribution in [0.15, 0.2) is 46.2 Å². The number of hydrogen-bond donors (Lipinski definition) is 1. The molecule has 19 heavy (non-hydrogen) atoms. The van der Waals surface area contributed by atoms with Gasteiger partial charge < -0.3 is 4.55 Å². The van der Waals surface area contributed by atoms with E-state index in [1.807, 2.05) is 0 Å². The number of fused-ring (bicyclic) bond motifs is 1. The summed E-state index contributed by atoms with van der Waals surface area (Å²) < 4.78 is 63.2. The van der Waals surface area contributed by atoms with Crippen LogP contribution in [-0.2, 0) is 20.2 Å². The van der Waals surface area contributed by atoms with E-state index in [0.29, 0.717) is 5.39 Å². The van der Waals surface area contributed by atoms with E-state index in [0.717, 1.165) is 18.2 Å². The van der Waals surface area contributed by atoms with Crippen molar-refractivity contribution in [3.05, 3.63) is 36.4 Å². The van der Waals surface area contributed by atoms with Gasteiger partial charge in [0.15, 0.2) is 0 Å². The fourth-order valence-corrected chi connectivity index (χ4v) is 2.54. The standard InChI is InChI=1S/C10H8O6S2.Na/c11-17(12,13)9-3-1-7-2-4-10(18(14,15)16)6-8(7)5-9;/h1-6H,(H,11,12,13)(H,14,15,16);/q;+1/p-1. The summed E-state index contributed by atoms with van der Waals surface area (Å²) in [7, 11) is -8.97. The first-order chi connectivity index (χ1) is 8.18. The molecule has 2 aromatic rings. The van der Waals surface area contributed by atoms with Gasteiger partial charge >= 0.3 is 29.6 Å². The predicted molar refractivity (Wildman–Crippen MR) is 61.7 cm³/mol. The Morgan fingerprint density at radius 2 is 1.32 bits per heavy atom. The summed E-state index contributed by atoms with van der Waals surface area (Å²) in [6, 6.07) is 7.26. The summed E-state index contributed by atoms with van der Waals surface area (Å²) in [4.78, 5) is -0.821. The van der Waals surface area contributed by atoms with E-state index in [1.165, 1.54) is 18.2 Å². The van der Waals surface area contributed by atoms with Crippen molar-refractivity contribution in [2.24, 2.45) is 0 Å². The molecule has 2 rings (SSSR count). The van der Waals surface area contributed by atoms with E-state index in [2.05, 4.69) is 0 Å². The summed E-state index contributed by atoms with van der Waals surface area (Å²) >= 11 is 0. The molecule has 6 nitrogen and oxygen atoms in total. The molecule has 0 unspecified atom stereocenters. The molecule has 0 saturated heterocycles. The minimum Gasteiger partial charge on any atom is -0.744 e. The number of rotatable bonds is 2. The molecule has 0 saturated carbocycles. The molecular formula is C10H7NaO6S2. The Bertz CT molecular complexity index is 759. The predicted octanol–water partition coefficient (Wildman–Crippen LogP) is -2.01. The van der Waals surface area contributed by atoms with E-state index in [4.69, 9.17) is 4.55 Å². The second-order valence-corrected chi connectivity index (χ2v) is 6.40. The molecular weight excluding hydrogens is 303 g/mol. The van der Waals surface area contributed by atoms with E-state index >= 15 is 0 Å². The molecule has 0 fully saturated rings. The third kappa shape index (κ3) is 3.76. The van der Waals surface area contributed by atoms with Gasteiger partial charge in [-0.3, -0.25) is 4.55 Å². The van der Waals surface area contributed by atoms with Gasteiger partial charge in [0.05, 0.1) is 9.79 Å². The van der Waals surface area contributed by atoms with Crippen LogP contribution in [-0.4, -0.2) is 25.9 Å². The van der Waals surface area contributed by atoms with Crippen molar-refractivity contribution < 1.29 is 55.5 Å². The van der Waals surface area contributed by atoms with Crippen LogP contribution in [0.25, 0.3) is 10.8 Å². The Balaban J connectivity index is 0.00000180. The van der Waals surface area contributed by atoms with Crippen LogP contribution >= 0.6 is 0 Å². The Hall–Kier alpha value is -0.480. The summed E-state index contributed by atoms with van der Waals surface area (Å²) in [5.41, 5.74) is 0. The quantitative estimate of drug-likeness (QED) is 0.507. The third-order valence-electron chi connectivity index (χ3n) is 2.37. The molecule has 0 heterocycles. The molecule has 9 heteroatoms. The second kappa shape index (κ2) is 5.49. The fraction of sp³-hybridized carbons (Fsp3) is 0. The second-order valence-electron chi connectivity index (χ2n) is 3.60. The van der Waals surface area contributed by atoms with E-state index < -0.39 is 25.1 Å². The van der Waals surface area contributed by atoms with Crippen LogP contribution in [0.3, 0.4) is 0 Å². The third-order valence-corrected chi connectivity index (χ3v) is 4.05. The molecule has 0 radical (unpaired) electrons. The van der Waals surface area contributed by atoms with Crippen LogP contribution in [0.4, 0.5) is 0 Å². The van der Waals surface area contributed by atoms with Crippen molar-refractivity contribution in [3.63, 3.8) is 0 Å². The first-order valence-corrected chi connectivity index (χ1v) is 7.50. The molecule has 96 valence electrons. The SMILES string of the molecule is O=S(=O)([O-])c1ccc2ccc(S(=O)(=O)O)cc2c1.[Na+]. The maximum absolute atomic E-state index is 10.9. The number of benzene rings is 2. The zero-order chi connectivity index (χ0) is 13.6. The van der Waals surface area contributed by atoms with Crippen molar-refractivity contribution in [1.82, 2.24) is 0 Å². The molecule has 2 aromatic carbocycles. The molecule has 0 atom stereocenters. The average Bonchev–Trinajstić information content (AvgIpc) is 2.25. The maximum Gasteiger partial charge on any atom is 1.00 e. The van der Waals surface area contributed by atoms with Gasteiger partial charge in [0, 0.05) is 0 Å². The summed E-state index contributed by atoms with van der Waals surface area (Å²) in [5.74, 6) is 0. The number of hydrogen-bond acceptors (Lipinski definition) is 5. The molecule has 0 aromatic heterocycles. The van der Waals surface area contributed by atoms with Gasteiger partial charge in [-0.25, -0.2) is 8.42 Å². The zero-order valence-corrected chi connectivity index (χ0v) is 13.4. The monoisotopic (exact) mass is 310 g/mol. The van der Waals surface area contributed by atoms with E-state index in [1.54, 1.807) is 0 Å². The maximum atomic E-state index is 10.9. The molecule has 1 N–H and O–H groups in total. The van der Waals surface area contributed by atoms with Gasteiger partial charge in [0.2, 0.25) is 0 Å². The molecule has 0 amide bonds. The summed E-state index contributed by atoms with van der Waals surface area (Å²) in [6.45, 7) is 0. The Morgan fingerprint density at radius 3 is 1.79 bits per heavy atom. The minimum atomic E-state index is -4.60. The molecule has 0 bridgehead atoms. The Labute approximate surface area is 132 Å². The molecule has 0 aliphatic heterocycles. The minimum absolute atomic E-state index is 0. The molecule has 0 aliphatic rings. The van der Waals surface area contributed by atoms with Gasteiger partial charge in [0.1, 0.15) is 10.1 Å². The van der Waals surface area contributed by atoms with Crippen LogP contribution in [0.5, 0.6) is 0 Å². The Morgan fingerprint density at radius 1 is 0.842 bits per heavy atom. The topological polar surface area (TPSA) is 112 Å². The van der Waals surface area contributed by atoms with Crippen LogP contribution < -0.4 is 29.6 Å². The van der Waals surface area contributed by atoms with Gasteiger partial charge in [-0.1, -0.05) is 12.1 Å². The normalized spacial score (nSPS) is 12.1. The molecule has 0 spiro atoms. The van der Waals surface area contributed by atoms with Crippen LogP contribution in [0.2, 0.25) is 0 Å². The zero-order valence-electron chi connectivity index (χ0n) is 9.77. The van der Waals surface area contributed by atoms with Gasteiger partial charge in [0.25, 0.3) is 10.1 Å². The van der Waals surface area contributed by atoms with Gasteiger partial charge in [-0.05, 0) is 35.0 Å². The summed E-state index contributed by atoms with van der Waals surface area (Å²) in [6.07, 6.45) is 0. The first kappa shape index (κ1) is 16.6. The largest absolute Gasteiger partial charge is 1.00 e.